The van der Waals surface area contributed by atoms with Crippen LogP contribution in [0.15, 0.2) is 36.5 Å². The van der Waals surface area contributed by atoms with Crippen molar-refractivity contribution in [2.75, 3.05) is 36.0 Å². The highest BCUT2D eigenvalue weighted by Crippen LogP contribution is 2.25. The van der Waals surface area contributed by atoms with Crippen LogP contribution < -0.4 is 15.1 Å². The molecule has 0 aliphatic carbocycles. The summed E-state index contributed by atoms with van der Waals surface area (Å²) >= 11 is 0. The van der Waals surface area contributed by atoms with E-state index in [4.69, 9.17) is 0 Å². The van der Waals surface area contributed by atoms with Gasteiger partial charge in [0, 0.05) is 44.1 Å². The molecule has 2 heterocycles. The highest BCUT2D eigenvalue weighted by Gasteiger charge is 2.20. The highest BCUT2D eigenvalue weighted by atomic mass is 16.1. The molecule has 5 nitrogen and oxygen atoms in total. The quantitative estimate of drug-likeness (QED) is 0.918. The Balaban J connectivity index is 1.63. The Kier molecular flexibility index (Phi) is 5.45. The average molecular weight is 352 g/mol. The van der Waals surface area contributed by atoms with Crippen molar-refractivity contribution < 1.29 is 4.79 Å². The number of benzene rings is 1. The van der Waals surface area contributed by atoms with Crippen LogP contribution in [0.5, 0.6) is 0 Å². The summed E-state index contributed by atoms with van der Waals surface area (Å²) in [6.45, 7) is 12.1. The van der Waals surface area contributed by atoms with Crippen LogP contribution in [0.2, 0.25) is 0 Å². The minimum Gasteiger partial charge on any atom is -0.368 e. The van der Waals surface area contributed by atoms with Gasteiger partial charge in [-0.3, -0.25) is 4.79 Å². The Morgan fingerprint density at radius 2 is 1.73 bits per heavy atom. The van der Waals surface area contributed by atoms with Crippen LogP contribution in [-0.2, 0) is 0 Å². The summed E-state index contributed by atoms with van der Waals surface area (Å²) in [5, 5.41) is 2.89. The summed E-state index contributed by atoms with van der Waals surface area (Å²) in [7, 11) is 0. The average Bonchev–Trinajstić information content (AvgIpc) is 2.64. The van der Waals surface area contributed by atoms with E-state index in [2.05, 4.69) is 52.1 Å². The van der Waals surface area contributed by atoms with Gasteiger partial charge in [-0.15, -0.1) is 0 Å². The molecular weight excluding hydrogens is 324 g/mol. The number of aromatic nitrogens is 1. The maximum Gasteiger partial charge on any atom is 0.253 e. The van der Waals surface area contributed by atoms with Crippen LogP contribution in [0.25, 0.3) is 0 Å². The molecule has 1 aliphatic heterocycles. The lowest BCUT2D eigenvalue weighted by Gasteiger charge is -2.37. The van der Waals surface area contributed by atoms with Crippen molar-refractivity contribution in [2.45, 2.75) is 33.7 Å². The number of carbonyl (C=O) groups excluding carboxylic acids is 1. The molecule has 0 unspecified atom stereocenters. The minimum atomic E-state index is -0.0706. The van der Waals surface area contributed by atoms with Crippen molar-refractivity contribution in [3.05, 3.63) is 53.2 Å². The zero-order valence-corrected chi connectivity index (χ0v) is 16.1. The molecule has 1 aromatic heterocycles. The van der Waals surface area contributed by atoms with Crippen LogP contribution in [0, 0.1) is 13.8 Å². The third-order valence-corrected chi connectivity index (χ3v) is 4.95. The lowest BCUT2D eigenvalue weighted by Crippen LogP contribution is -2.47. The first-order chi connectivity index (χ1) is 12.5. The molecule has 1 aromatic carbocycles. The third-order valence-electron chi connectivity index (χ3n) is 4.95. The Labute approximate surface area is 156 Å². The molecule has 3 rings (SSSR count). The minimum absolute atomic E-state index is 0.0706. The SMILES string of the molecule is Cc1cccc(N2CCN(c3ccc(C(=O)NC(C)C)cn3)CC2)c1C. The van der Waals surface area contributed by atoms with Crippen molar-refractivity contribution in [3.8, 4) is 0 Å². The molecule has 1 aliphatic rings. The van der Waals surface area contributed by atoms with Crippen molar-refractivity contribution in [1.82, 2.24) is 10.3 Å². The first kappa shape index (κ1) is 18.2. The van der Waals surface area contributed by atoms with Gasteiger partial charge >= 0.3 is 0 Å². The van der Waals surface area contributed by atoms with Gasteiger partial charge in [0.2, 0.25) is 0 Å². The lowest BCUT2D eigenvalue weighted by molar-refractivity contribution is 0.0943. The molecule has 1 saturated heterocycles. The summed E-state index contributed by atoms with van der Waals surface area (Å²) in [6, 6.07) is 10.4. The van der Waals surface area contributed by atoms with Gasteiger partial charge in [0.05, 0.1) is 5.56 Å². The number of aryl methyl sites for hydroxylation is 1. The fraction of sp³-hybridized carbons (Fsp3) is 0.429. The number of amides is 1. The van der Waals surface area contributed by atoms with E-state index in [1.165, 1.54) is 16.8 Å². The van der Waals surface area contributed by atoms with Gasteiger partial charge < -0.3 is 15.1 Å². The summed E-state index contributed by atoms with van der Waals surface area (Å²) in [5.41, 5.74) is 4.64. The standard InChI is InChI=1S/C21H28N4O/c1-15(2)23-21(26)18-8-9-20(22-14-18)25-12-10-24(11-13-25)19-7-5-6-16(3)17(19)4/h5-9,14-15H,10-13H2,1-4H3,(H,23,26). The molecule has 138 valence electrons. The predicted molar refractivity (Wildman–Crippen MR) is 107 cm³/mol. The van der Waals surface area contributed by atoms with Gasteiger partial charge in [-0.2, -0.15) is 0 Å². The monoisotopic (exact) mass is 352 g/mol. The summed E-state index contributed by atoms with van der Waals surface area (Å²) < 4.78 is 0. The summed E-state index contributed by atoms with van der Waals surface area (Å²) in [5.74, 6) is 0.866. The molecule has 5 heteroatoms. The van der Waals surface area contributed by atoms with Gasteiger partial charge in [-0.1, -0.05) is 12.1 Å². The van der Waals surface area contributed by atoms with Crippen LogP contribution in [0.1, 0.15) is 35.3 Å². The van der Waals surface area contributed by atoms with Gasteiger partial charge in [0.1, 0.15) is 5.82 Å². The van der Waals surface area contributed by atoms with Gasteiger partial charge in [0.25, 0.3) is 5.91 Å². The normalized spacial score (nSPS) is 14.7. The summed E-state index contributed by atoms with van der Waals surface area (Å²) in [4.78, 5) is 21.3. The van der Waals surface area contributed by atoms with Gasteiger partial charge in [-0.25, -0.2) is 4.98 Å². The molecule has 0 saturated carbocycles. The molecule has 0 bridgehead atoms. The smallest absolute Gasteiger partial charge is 0.253 e. The molecule has 0 spiro atoms. The summed E-state index contributed by atoms with van der Waals surface area (Å²) in [6.07, 6.45) is 1.67. The number of rotatable bonds is 4. The Hall–Kier alpha value is -2.56. The van der Waals surface area contributed by atoms with E-state index in [1.807, 2.05) is 26.0 Å². The number of pyridine rings is 1. The number of nitrogens with zero attached hydrogens (tertiary/aromatic N) is 3. The lowest BCUT2D eigenvalue weighted by atomic mass is 10.1. The number of piperazine rings is 1. The first-order valence-electron chi connectivity index (χ1n) is 9.28. The van der Waals surface area contributed by atoms with Crippen molar-refractivity contribution in [3.63, 3.8) is 0 Å². The van der Waals surface area contributed by atoms with E-state index in [9.17, 15) is 4.79 Å². The molecule has 0 radical (unpaired) electrons. The number of nitrogens with one attached hydrogen (secondary N) is 1. The van der Waals surface area contributed by atoms with Crippen LogP contribution in [-0.4, -0.2) is 43.1 Å². The second-order valence-corrected chi connectivity index (χ2v) is 7.23. The van der Waals surface area contributed by atoms with Gasteiger partial charge in [0.15, 0.2) is 0 Å². The van der Waals surface area contributed by atoms with Crippen molar-refractivity contribution in [1.29, 1.82) is 0 Å². The number of hydrogen-bond donors (Lipinski definition) is 1. The van der Waals surface area contributed by atoms with E-state index in [1.54, 1.807) is 6.20 Å². The zero-order valence-electron chi connectivity index (χ0n) is 16.1. The molecule has 1 fully saturated rings. The molecule has 1 N–H and O–H groups in total. The maximum atomic E-state index is 12.0. The second kappa shape index (κ2) is 7.77. The van der Waals surface area contributed by atoms with E-state index < -0.39 is 0 Å². The largest absolute Gasteiger partial charge is 0.368 e. The molecule has 0 atom stereocenters. The maximum absolute atomic E-state index is 12.0. The zero-order chi connectivity index (χ0) is 18.7. The van der Waals surface area contributed by atoms with Crippen LogP contribution in [0.4, 0.5) is 11.5 Å². The Bertz CT molecular complexity index is 762. The Morgan fingerprint density at radius 1 is 1.04 bits per heavy atom. The molecule has 2 aromatic rings. The predicted octanol–water partition coefficient (Wildman–Crippen LogP) is 3.16. The van der Waals surface area contributed by atoms with Crippen LogP contribution >= 0.6 is 0 Å². The second-order valence-electron chi connectivity index (χ2n) is 7.23. The van der Waals surface area contributed by atoms with Crippen molar-refractivity contribution in [2.24, 2.45) is 0 Å². The fourth-order valence-electron chi connectivity index (χ4n) is 3.31. The first-order valence-corrected chi connectivity index (χ1v) is 9.28. The number of anilines is 2. The van der Waals surface area contributed by atoms with Gasteiger partial charge in [-0.05, 0) is 57.0 Å². The van der Waals surface area contributed by atoms with Crippen molar-refractivity contribution >= 4 is 17.4 Å². The van der Waals surface area contributed by atoms with E-state index in [-0.39, 0.29) is 11.9 Å². The topological polar surface area (TPSA) is 48.5 Å². The molecule has 1 amide bonds. The fourth-order valence-corrected chi connectivity index (χ4v) is 3.31. The Morgan fingerprint density at radius 3 is 2.35 bits per heavy atom. The number of hydrogen-bond acceptors (Lipinski definition) is 4. The third kappa shape index (κ3) is 3.98. The van der Waals surface area contributed by atoms with E-state index >= 15 is 0 Å². The number of carbonyl (C=O) groups is 1. The highest BCUT2D eigenvalue weighted by molar-refractivity contribution is 5.94. The molecular formula is C21H28N4O. The van der Waals surface area contributed by atoms with E-state index in [0.29, 0.717) is 5.56 Å². The molecule has 26 heavy (non-hydrogen) atoms. The van der Waals surface area contributed by atoms with Crippen LogP contribution in [0.3, 0.4) is 0 Å². The van der Waals surface area contributed by atoms with E-state index in [0.717, 1.165) is 32.0 Å².